The van der Waals surface area contributed by atoms with Gasteiger partial charge >= 0.3 is 12.0 Å². The number of hydrazine groups is 1. The lowest BCUT2D eigenvalue weighted by Gasteiger charge is -2.28. The summed E-state index contributed by atoms with van der Waals surface area (Å²) >= 11 is 0. The fourth-order valence-corrected chi connectivity index (χ4v) is 6.59. The summed E-state index contributed by atoms with van der Waals surface area (Å²) in [5.41, 5.74) is 8.91. The first kappa shape index (κ1) is 59.3. The number of nitrogens with one attached hydrogen (secondary N) is 9. The number of urea groups is 1. The first-order chi connectivity index (χ1) is 34.7. The molecule has 1 aliphatic heterocycles. The fourth-order valence-electron chi connectivity index (χ4n) is 6.59. The van der Waals surface area contributed by atoms with Crippen molar-refractivity contribution in [3.8, 4) is 0 Å². The van der Waals surface area contributed by atoms with E-state index in [1.807, 2.05) is 0 Å². The Hall–Kier alpha value is -7.04. The van der Waals surface area contributed by atoms with Gasteiger partial charge in [-0.2, -0.15) is 0 Å². The zero-order valence-corrected chi connectivity index (χ0v) is 40.3. The molecule has 2 heterocycles. The predicted octanol–water partition coefficient (Wildman–Crippen LogP) is -2.51. The van der Waals surface area contributed by atoms with Crippen molar-refractivity contribution in [2.75, 3.05) is 85.7 Å². The van der Waals surface area contributed by atoms with Crippen LogP contribution in [0.25, 0.3) is 0 Å². The molecule has 1 saturated heterocycles. The van der Waals surface area contributed by atoms with E-state index >= 15 is 0 Å². The number of nitrogens with two attached hydrogens (primary N) is 1. The molecule has 2 aromatic rings. The molecular weight excluding hydrogens is 951 g/mol. The van der Waals surface area contributed by atoms with Crippen LogP contribution in [0, 0.1) is 5.41 Å². The van der Waals surface area contributed by atoms with Gasteiger partial charge in [-0.05, 0) is 50.5 Å². The molecular formula is C44H69FN14O13. The number of ether oxygens (including phenoxy) is 4. The van der Waals surface area contributed by atoms with E-state index in [2.05, 4.69) is 53.0 Å². The maximum Gasteiger partial charge on any atom is 0.337 e. The summed E-state index contributed by atoms with van der Waals surface area (Å²) < 4.78 is 35.6. The molecule has 3 atom stereocenters. The second-order valence-corrected chi connectivity index (χ2v) is 16.1. The molecule has 1 aromatic carbocycles. The number of unbranched alkanes of at least 4 members (excludes halogenated alkanes) is 1. The smallest absolute Gasteiger partial charge is 0.337 e. The van der Waals surface area contributed by atoms with Gasteiger partial charge < -0.3 is 67.0 Å². The van der Waals surface area contributed by atoms with E-state index < -0.39 is 73.4 Å². The van der Waals surface area contributed by atoms with Crippen molar-refractivity contribution in [2.24, 2.45) is 5.73 Å². The van der Waals surface area contributed by atoms with Crippen LogP contribution in [0.3, 0.4) is 0 Å². The Labute approximate surface area is 415 Å². The van der Waals surface area contributed by atoms with Gasteiger partial charge in [-0.1, -0.05) is 35.5 Å². The molecule has 1 aromatic heterocycles. The fraction of sp³-hybridized carbons (Fsp3) is 0.614. The van der Waals surface area contributed by atoms with Gasteiger partial charge in [0.1, 0.15) is 24.7 Å². The minimum absolute atomic E-state index is 0.00135. The molecule has 0 aliphatic carbocycles. The molecule has 1 aliphatic rings. The van der Waals surface area contributed by atoms with E-state index in [1.54, 1.807) is 36.5 Å². The number of hydrogen-bond acceptors (Lipinski definition) is 15. The number of benzene rings is 1. The number of carbonyl (C=O) groups is 8. The first-order valence-electron chi connectivity index (χ1n) is 23.6. The number of guanidine groups is 1. The Kier molecular flexibility index (Phi) is 28.9. The van der Waals surface area contributed by atoms with Gasteiger partial charge in [0, 0.05) is 32.3 Å². The lowest BCUT2D eigenvalue weighted by Crippen LogP contribution is -2.59. The van der Waals surface area contributed by atoms with Crippen molar-refractivity contribution in [3.05, 3.63) is 47.8 Å². The molecule has 72 heavy (non-hydrogen) atoms. The number of aryl methyl sites for hydroxylation is 1. The van der Waals surface area contributed by atoms with Crippen LogP contribution in [0.15, 0.2) is 36.5 Å². The number of carboxylic acid groups (broad SMARTS) is 1. The Bertz CT molecular complexity index is 2020. The van der Waals surface area contributed by atoms with E-state index in [9.17, 15) is 47.9 Å². The molecule has 0 saturated carbocycles. The topological polar surface area (TPSA) is 374 Å². The van der Waals surface area contributed by atoms with E-state index in [0.717, 1.165) is 5.01 Å². The van der Waals surface area contributed by atoms with E-state index in [1.165, 1.54) is 4.68 Å². The molecule has 0 unspecified atom stereocenters. The number of carboxylic acids is 1. The summed E-state index contributed by atoms with van der Waals surface area (Å²) in [6.07, 6.45) is 2.60. The normalized spacial score (nSPS) is 16.8. The van der Waals surface area contributed by atoms with Crippen LogP contribution in [0.2, 0.25) is 0 Å². The van der Waals surface area contributed by atoms with Crippen molar-refractivity contribution >= 4 is 53.4 Å². The molecule has 0 bridgehead atoms. The number of carbonyl (C=O) groups excluding carboxylic acids is 7. The van der Waals surface area contributed by atoms with E-state index in [4.69, 9.17) is 30.1 Å². The van der Waals surface area contributed by atoms with Gasteiger partial charge in [0.25, 0.3) is 5.91 Å². The Balaban J connectivity index is 1.39. The maximum atomic E-state index is 13.9. The van der Waals surface area contributed by atoms with Gasteiger partial charge in [-0.25, -0.2) is 14.5 Å². The Morgan fingerprint density at radius 2 is 1.39 bits per heavy atom. The number of hydrogen-bond donors (Lipinski definition) is 11. The van der Waals surface area contributed by atoms with Gasteiger partial charge in [-0.3, -0.25) is 48.8 Å². The zero-order valence-electron chi connectivity index (χ0n) is 40.3. The number of aliphatic carboxylic acids is 1. The molecule has 0 spiro atoms. The summed E-state index contributed by atoms with van der Waals surface area (Å²) in [6, 6.07) is 3.34. The van der Waals surface area contributed by atoms with Crippen LogP contribution >= 0.6 is 0 Å². The molecule has 8 amide bonds. The minimum Gasteiger partial charge on any atom is -0.481 e. The van der Waals surface area contributed by atoms with E-state index in [-0.39, 0.29) is 89.5 Å². The van der Waals surface area contributed by atoms with Crippen LogP contribution < -0.4 is 48.4 Å². The lowest BCUT2D eigenvalue weighted by atomic mass is 10.1. The summed E-state index contributed by atoms with van der Waals surface area (Å²) in [4.78, 5) is 104. The summed E-state index contributed by atoms with van der Waals surface area (Å²) in [5, 5.41) is 43.5. The Morgan fingerprint density at radius 3 is 2.07 bits per heavy atom. The van der Waals surface area contributed by atoms with Gasteiger partial charge in [-0.15, -0.1) is 5.10 Å². The van der Waals surface area contributed by atoms with Crippen molar-refractivity contribution in [3.63, 3.8) is 0 Å². The van der Waals surface area contributed by atoms with Crippen molar-refractivity contribution in [2.45, 2.75) is 89.0 Å². The predicted molar refractivity (Wildman–Crippen MR) is 253 cm³/mol. The highest BCUT2D eigenvalue weighted by Gasteiger charge is 2.32. The number of alkyl halides is 1. The second-order valence-electron chi connectivity index (χ2n) is 16.1. The van der Waals surface area contributed by atoms with Crippen LogP contribution in [0.1, 0.15) is 62.6 Å². The number of nitrogens with zero attached hydrogens (tertiary/aromatic N) is 4. The molecule has 1 fully saturated rings. The van der Waals surface area contributed by atoms with Crippen molar-refractivity contribution in [1.29, 1.82) is 5.41 Å². The summed E-state index contributed by atoms with van der Waals surface area (Å²) in [5.74, 6) is -5.77. The number of aromatic nitrogens is 3. The molecule has 27 nitrogen and oxygen atoms in total. The van der Waals surface area contributed by atoms with Crippen molar-refractivity contribution in [1.82, 2.24) is 62.6 Å². The lowest BCUT2D eigenvalue weighted by molar-refractivity contribution is -0.141. The standard InChI is InChI=1S/C44H69FN14O13/c45-14-6-10-32-29-58(57-55-32)30-38(62)49-17-19-70-21-23-72-25-24-71-22-20-69-18-13-36(60)48-15-5-4-11-34-41(66)53-33(12-7-16-50-43(46)47)40(65)51-27-37(61)52-35(26-39(63)64)42(67)56-59(44(68)54-34)28-31-8-2-1-3-9-31/h1-3,8-9,29,33-35H,4-7,10-28,30H2,(H,48,60)(H,49,62)(H,51,65)(H,52,61)(H,53,66)(H,54,68)(H,56,67)(H,63,64)(H4,46,47,50)/t33-,34-,35-/m0/s1/i45-1. The average molecular weight is 1020 g/mol. The third-order valence-corrected chi connectivity index (χ3v) is 10.2. The second kappa shape index (κ2) is 35.1. The quantitative estimate of drug-likeness (QED) is 0.0200. The Morgan fingerprint density at radius 1 is 0.750 bits per heavy atom. The van der Waals surface area contributed by atoms with E-state index in [0.29, 0.717) is 76.5 Å². The number of halogens is 1. The highest BCUT2D eigenvalue weighted by atomic mass is 18.2. The third-order valence-electron chi connectivity index (χ3n) is 10.2. The zero-order chi connectivity index (χ0) is 52.4. The largest absolute Gasteiger partial charge is 0.481 e. The van der Waals surface area contributed by atoms with Crippen LogP contribution in [0.5, 0.6) is 0 Å². The SMILES string of the molecule is N=C(N)NCCC[C@@H]1NC(=O)[C@H](CCCCNC(=O)CCOCCOCCOCCOCCNC(=O)Cn2cc(CCC[18F])nn2)NC(=O)N(Cc2ccccc2)NC(=O)[C@H](CC(=O)O)NC(=O)CNC1=O. The number of rotatable bonds is 33. The minimum atomic E-state index is -1.66. The van der Waals surface area contributed by atoms with Crippen LogP contribution in [0.4, 0.5) is 9.18 Å². The highest BCUT2D eigenvalue weighted by molar-refractivity contribution is 5.96. The molecule has 12 N–H and O–H groups in total. The van der Waals surface area contributed by atoms with Gasteiger partial charge in [0.05, 0.1) is 84.7 Å². The maximum absolute atomic E-state index is 13.9. The van der Waals surface area contributed by atoms with Gasteiger partial charge in [0.2, 0.25) is 29.5 Å². The monoisotopic (exact) mass is 1020 g/mol. The first-order valence-corrected chi connectivity index (χ1v) is 23.6. The summed E-state index contributed by atoms with van der Waals surface area (Å²) in [7, 11) is 0. The van der Waals surface area contributed by atoms with Crippen LogP contribution in [-0.4, -0.2) is 182 Å². The molecule has 0 radical (unpaired) electrons. The van der Waals surface area contributed by atoms with Gasteiger partial charge in [0.15, 0.2) is 5.96 Å². The third kappa shape index (κ3) is 26.2. The summed E-state index contributed by atoms with van der Waals surface area (Å²) in [6.45, 7) is 1.61. The molecule has 3 rings (SSSR count). The number of amides is 8. The van der Waals surface area contributed by atoms with Crippen molar-refractivity contribution < 1.29 is 66.8 Å². The highest BCUT2D eigenvalue weighted by Crippen LogP contribution is 2.09. The van der Waals surface area contributed by atoms with Crippen LogP contribution in [-0.2, 0) is 72.0 Å². The molecule has 400 valence electrons. The molecule has 28 heteroatoms. The average Bonchev–Trinajstić information content (AvgIpc) is 3.79.